The molecule has 2 aromatic rings. The molecule has 0 atom stereocenters. The Balaban J connectivity index is 1.18. The van der Waals surface area contributed by atoms with Gasteiger partial charge >= 0.3 is 0 Å². The summed E-state index contributed by atoms with van der Waals surface area (Å²) < 4.78 is 5.39. The van der Waals surface area contributed by atoms with Crippen LogP contribution in [-0.4, -0.2) is 74.8 Å². The number of halogens is 1. The third kappa shape index (κ3) is 5.62. The number of morpholine rings is 1. The van der Waals surface area contributed by atoms with Crippen molar-refractivity contribution < 1.29 is 9.53 Å². The van der Waals surface area contributed by atoms with Crippen LogP contribution in [0.5, 0.6) is 0 Å². The highest BCUT2D eigenvalue weighted by molar-refractivity contribution is 6.30. The van der Waals surface area contributed by atoms with Gasteiger partial charge < -0.3 is 19.9 Å². The Morgan fingerprint density at radius 2 is 1.70 bits per heavy atom. The van der Waals surface area contributed by atoms with Crippen molar-refractivity contribution in [1.82, 2.24) is 9.88 Å². The number of hydrogen-bond acceptors (Lipinski definition) is 6. The van der Waals surface area contributed by atoms with Gasteiger partial charge in [0.05, 0.1) is 18.2 Å². The molecule has 1 aromatic heterocycles. The predicted molar refractivity (Wildman–Crippen MR) is 121 cm³/mol. The number of hydrogen-bond donors (Lipinski definition) is 1. The largest absolute Gasteiger partial charge is 0.378 e. The van der Waals surface area contributed by atoms with Crippen LogP contribution in [0.4, 0.5) is 17.2 Å². The van der Waals surface area contributed by atoms with Gasteiger partial charge in [0.1, 0.15) is 5.82 Å². The first-order chi connectivity index (χ1) is 14.7. The van der Waals surface area contributed by atoms with Crippen LogP contribution in [0.1, 0.15) is 6.42 Å². The summed E-state index contributed by atoms with van der Waals surface area (Å²) in [5.41, 5.74) is 2.01. The summed E-state index contributed by atoms with van der Waals surface area (Å²) in [5.74, 6) is 1.01. The minimum atomic E-state index is 0.0518. The Morgan fingerprint density at radius 3 is 2.37 bits per heavy atom. The quantitative estimate of drug-likeness (QED) is 0.761. The second kappa shape index (κ2) is 10.1. The summed E-state index contributed by atoms with van der Waals surface area (Å²) in [6.45, 7) is 7.77. The molecule has 2 aliphatic rings. The standard InChI is InChI=1S/C22H28ClN5O2/c23-18-1-6-21(24-17-18)28-11-9-26(10-12-28)8-7-22(29)25-19-2-4-20(5-3-19)27-13-15-30-16-14-27/h1-6,17H,7-16H2,(H,25,29). The lowest BCUT2D eigenvalue weighted by Gasteiger charge is -2.35. The highest BCUT2D eigenvalue weighted by Crippen LogP contribution is 2.19. The van der Waals surface area contributed by atoms with Crippen LogP contribution in [0.3, 0.4) is 0 Å². The fourth-order valence-electron chi connectivity index (χ4n) is 3.82. The zero-order valence-electron chi connectivity index (χ0n) is 17.1. The molecule has 0 unspecified atom stereocenters. The molecule has 1 amide bonds. The van der Waals surface area contributed by atoms with Gasteiger partial charge in [-0.1, -0.05) is 11.6 Å². The first kappa shape index (κ1) is 20.9. The smallest absolute Gasteiger partial charge is 0.225 e. The number of nitrogens with one attached hydrogen (secondary N) is 1. The van der Waals surface area contributed by atoms with E-state index in [9.17, 15) is 4.79 Å². The van der Waals surface area contributed by atoms with Gasteiger partial charge in [-0.25, -0.2) is 4.98 Å². The Morgan fingerprint density at radius 1 is 0.967 bits per heavy atom. The van der Waals surface area contributed by atoms with Gasteiger partial charge in [0.15, 0.2) is 0 Å². The number of anilines is 3. The molecule has 1 aromatic carbocycles. The Labute approximate surface area is 182 Å². The SMILES string of the molecule is O=C(CCN1CCN(c2ccc(Cl)cn2)CC1)Nc1ccc(N2CCOCC2)cc1. The first-order valence-electron chi connectivity index (χ1n) is 10.5. The zero-order chi connectivity index (χ0) is 20.8. The lowest BCUT2D eigenvalue weighted by atomic mass is 10.2. The molecule has 2 aliphatic heterocycles. The summed E-state index contributed by atoms with van der Waals surface area (Å²) in [6.07, 6.45) is 2.17. The lowest BCUT2D eigenvalue weighted by molar-refractivity contribution is -0.116. The second-order valence-corrected chi connectivity index (χ2v) is 8.04. The van der Waals surface area contributed by atoms with E-state index >= 15 is 0 Å². The maximum Gasteiger partial charge on any atom is 0.225 e. The Hall–Kier alpha value is -2.35. The van der Waals surface area contributed by atoms with Crippen LogP contribution in [0, 0.1) is 0 Å². The van der Waals surface area contributed by atoms with Crippen LogP contribution in [-0.2, 0) is 9.53 Å². The van der Waals surface area contributed by atoms with Crippen molar-refractivity contribution in [1.29, 1.82) is 0 Å². The molecule has 3 heterocycles. The predicted octanol–water partition coefficient (Wildman–Crippen LogP) is 2.72. The topological polar surface area (TPSA) is 60.9 Å². The van der Waals surface area contributed by atoms with E-state index in [1.807, 2.05) is 24.3 Å². The summed E-state index contributed by atoms with van der Waals surface area (Å²) in [7, 11) is 0. The molecule has 2 fully saturated rings. The van der Waals surface area contributed by atoms with Gasteiger partial charge in [0.2, 0.25) is 5.91 Å². The van der Waals surface area contributed by atoms with Gasteiger partial charge in [0.25, 0.3) is 0 Å². The van der Waals surface area contributed by atoms with Crippen LogP contribution in [0.15, 0.2) is 42.6 Å². The van der Waals surface area contributed by atoms with Gasteiger partial charge in [0, 0.05) is 69.8 Å². The maximum absolute atomic E-state index is 12.4. The lowest BCUT2D eigenvalue weighted by Crippen LogP contribution is -2.47. The molecule has 4 rings (SSSR count). The molecule has 160 valence electrons. The van der Waals surface area contributed by atoms with Gasteiger partial charge in [-0.15, -0.1) is 0 Å². The highest BCUT2D eigenvalue weighted by atomic mass is 35.5. The van der Waals surface area contributed by atoms with Crippen molar-refractivity contribution in [2.45, 2.75) is 6.42 Å². The first-order valence-corrected chi connectivity index (χ1v) is 10.9. The van der Waals surface area contributed by atoms with Gasteiger partial charge in [-0.3, -0.25) is 9.69 Å². The van der Waals surface area contributed by atoms with E-state index in [4.69, 9.17) is 16.3 Å². The van der Waals surface area contributed by atoms with E-state index in [0.29, 0.717) is 11.4 Å². The molecule has 30 heavy (non-hydrogen) atoms. The van der Waals surface area contributed by atoms with Crippen molar-refractivity contribution in [3.63, 3.8) is 0 Å². The minimum Gasteiger partial charge on any atom is -0.378 e. The minimum absolute atomic E-state index is 0.0518. The molecule has 0 spiro atoms. The van der Waals surface area contributed by atoms with Gasteiger partial charge in [-0.05, 0) is 36.4 Å². The number of piperazine rings is 1. The fourth-order valence-corrected chi connectivity index (χ4v) is 3.93. The average molecular weight is 430 g/mol. The number of nitrogens with zero attached hydrogens (tertiary/aromatic N) is 4. The van der Waals surface area contributed by atoms with Crippen molar-refractivity contribution in [2.75, 3.05) is 74.1 Å². The van der Waals surface area contributed by atoms with Crippen molar-refractivity contribution in [2.24, 2.45) is 0 Å². The molecule has 0 aliphatic carbocycles. The monoisotopic (exact) mass is 429 g/mol. The Bertz CT molecular complexity index is 816. The molecule has 7 nitrogen and oxygen atoms in total. The van der Waals surface area contributed by atoms with Crippen LogP contribution in [0.25, 0.3) is 0 Å². The number of benzene rings is 1. The van der Waals surface area contributed by atoms with E-state index < -0.39 is 0 Å². The Kier molecular flexibility index (Phi) is 7.04. The molecule has 0 bridgehead atoms. The van der Waals surface area contributed by atoms with Crippen molar-refractivity contribution in [3.05, 3.63) is 47.6 Å². The maximum atomic E-state index is 12.4. The summed E-state index contributed by atoms with van der Waals surface area (Å²) >= 11 is 5.91. The van der Waals surface area contributed by atoms with Crippen LogP contribution >= 0.6 is 11.6 Å². The average Bonchev–Trinajstić information content (AvgIpc) is 2.80. The third-order valence-electron chi connectivity index (χ3n) is 5.59. The molecular weight excluding hydrogens is 402 g/mol. The van der Waals surface area contributed by atoms with E-state index in [1.54, 1.807) is 6.20 Å². The fraction of sp³-hybridized carbons (Fsp3) is 0.455. The normalized spacial score (nSPS) is 17.8. The number of carbonyl (C=O) groups excluding carboxylic acids is 1. The summed E-state index contributed by atoms with van der Waals surface area (Å²) in [4.78, 5) is 23.6. The number of rotatable bonds is 6. The summed E-state index contributed by atoms with van der Waals surface area (Å²) in [5, 5.41) is 3.66. The zero-order valence-corrected chi connectivity index (χ0v) is 17.9. The van der Waals surface area contributed by atoms with Gasteiger partial charge in [-0.2, -0.15) is 0 Å². The molecular formula is C22H28ClN5O2. The molecule has 8 heteroatoms. The number of carbonyl (C=O) groups is 1. The second-order valence-electron chi connectivity index (χ2n) is 7.61. The number of aromatic nitrogens is 1. The molecule has 2 saturated heterocycles. The van der Waals surface area contributed by atoms with Crippen molar-refractivity contribution >= 4 is 34.7 Å². The van der Waals surface area contributed by atoms with E-state index in [2.05, 4.69) is 37.1 Å². The van der Waals surface area contributed by atoms with Crippen LogP contribution in [0.2, 0.25) is 5.02 Å². The van der Waals surface area contributed by atoms with Crippen molar-refractivity contribution in [3.8, 4) is 0 Å². The third-order valence-corrected chi connectivity index (χ3v) is 5.81. The van der Waals surface area contributed by atoms with E-state index in [1.165, 1.54) is 5.69 Å². The molecule has 0 radical (unpaired) electrons. The summed E-state index contributed by atoms with van der Waals surface area (Å²) in [6, 6.07) is 11.9. The number of ether oxygens (including phenoxy) is 1. The van der Waals surface area contributed by atoms with E-state index in [-0.39, 0.29) is 5.91 Å². The number of amides is 1. The molecule has 0 saturated carbocycles. The molecule has 1 N–H and O–H groups in total. The number of pyridine rings is 1. The van der Waals surface area contributed by atoms with E-state index in [0.717, 1.165) is 70.5 Å². The highest BCUT2D eigenvalue weighted by Gasteiger charge is 2.18. The van der Waals surface area contributed by atoms with Crippen LogP contribution < -0.4 is 15.1 Å².